The van der Waals surface area contributed by atoms with E-state index in [1.807, 2.05) is 62.4 Å². The van der Waals surface area contributed by atoms with Crippen molar-refractivity contribution in [1.82, 2.24) is 5.32 Å². The van der Waals surface area contributed by atoms with Gasteiger partial charge in [0.25, 0.3) is 5.91 Å². The number of nitrogens with one attached hydrogen (secondary N) is 2. The molecule has 0 spiro atoms. The molecule has 0 radical (unpaired) electrons. The number of anilines is 1. The van der Waals surface area contributed by atoms with Gasteiger partial charge in [-0.05, 0) is 31.2 Å². The molecule has 0 heterocycles. The van der Waals surface area contributed by atoms with Gasteiger partial charge in [-0.1, -0.05) is 52.8 Å². The van der Waals surface area contributed by atoms with Crippen molar-refractivity contribution in [3.8, 4) is 0 Å². The Hall–Kier alpha value is -1.92. The fourth-order valence-electron chi connectivity index (χ4n) is 1.95. The zero-order chi connectivity index (χ0) is 17.4. The maximum Gasteiger partial charge on any atom is 0.252 e. The topological polar surface area (TPSA) is 58.2 Å². The Morgan fingerprint density at radius 1 is 0.917 bits per heavy atom. The van der Waals surface area contributed by atoms with E-state index < -0.39 is 0 Å². The third kappa shape index (κ3) is 5.04. The van der Waals surface area contributed by atoms with Gasteiger partial charge in [0.15, 0.2) is 0 Å². The van der Waals surface area contributed by atoms with Crippen LogP contribution in [0.5, 0.6) is 0 Å². The van der Waals surface area contributed by atoms with E-state index >= 15 is 0 Å². The summed E-state index contributed by atoms with van der Waals surface area (Å²) in [6.45, 7) is 4.31. The number of carbonyl (C=O) groups is 2. The molecule has 0 bridgehead atoms. The molecule has 0 saturated heterocycles. The summed E-state index contributed by atoms with van der Waals surface area (Å²) in [6.07, 6.45) is 0.437. The largest absolute Gasteiger partial charge is 0.352 e. The van der Waals surface area contributed by atoms with Crippen LogP contribution in [-0.2, 0) is 4.79 Å². The minimum absolute atomic E-state index is 0.0178. The third-order valence-corrected chi connectivity index (χ3v) is 5.65. The molecule has 2 N–H and O–H groups in total. The number of hydrogen-bond acceptors (Lipinski definition) is 4. The Morgan fingerprint density at radius 3 is 2.25 bits per heavy atom. The molecule has 2 amide bonds. The molecule has 0 fully saturated rings. The van der Waals surface area contributed by atoms with Gasteiger partial charge in [0.2, 0.25) is 5.91 Å². The first-order valence-corrected chi connectivity index (χ1v) is 9.91. The molecular weight excluding hydrogens is 340 g/mol. The van der Waals surface area contributed by atoms with Crippen molar-refractivity contribution in [3.05, 3.63) is 54.1 Å². The van der Waals surface area contributed by atoms with Crippen molar-refractivity contribution in [2.24, 2.45) is 0 Å². The highest BCUT2D eigenvalue weighted by Gasteiger charge is 2.12. The van der Waals surface area contributed by atoms with Gasteiger partial charge in [0.1, 0.15) is 0 Å². The average Bonchev–Trinajstić information content (AvgIpc) is 2.61. The Bertz CT molecular complexity index is 720. The monoisotopic (exact) mass is 360 g/mol. The molecule has 0 saturated carbocycles. The number of para-hydroxylation sites is 1. The summed E-state index contributed by atoms with van der Waals surface area (Å²) in [5.74, 6) is -0.0930. The van der Waals surface area contributed by atoms with Crippen molar-refractivity contribution < 1.29 is 9.59 Å². The number of amides is 2. The SMILES string of the molecule is CCNC(=O)c1ccccc1SSc1ccccc1NC(=O)CC. The van der Waals surface area contributed by atoms with Crippen LogP contribution in [0.25, 0.3) is 0 Å². The molecule has 0 aliphatic rings. The minimum atomic E-state index is -0.0752. The van der Waals surface area contributed by atoms with Crippen molar-refractivity contribution in [2.75, 3.05) is 11.9 Å². The van der Waals surface area contributed by atoms with Gasteiger partial charge in [0.05, 0.1) is 11.3 Å². The predicted molar refractivity (Wildman–Crippen MR) is 102 cm³/mol. The van der Waals surface area contributed by atoms with Gasteiger partial charge in [-0.15, -0.1) is 0 Å². The van der Waals surface area contributed by atoms with Crippen molar-refractivity contribution >= 4 is 39.1 Å². The maximum atomic E-state index is 12.1. The van der Waals surface area contributed by atoms with Crippen LogP contribution in [0.15, 0.2) is 58.3 Å². The minimum Gasteiger partial charge on any atom is -0.352 e. The number of benzene rings is 2. The standard InChI is InChI=1S/C18H20N2O2S2/c1-3-17(21)20-14-10-6-8-12-16(14)24-23-15-11-7-5-9-13(15)18(22)19-4-2/h5-12H,3-4H2,1-2H3,(H,19,22)(H,20,21). The molecule has 126 valence electrons. The zero-order valence-electron chi connectivity index (χ0n) is 13.7. The zero-order valence-corrected chi connectivity index (χ0v) is 15.3. The molecule has 0 aliphatic heterocycles. The molecule has 0 unspecified atom stereocenters. The van der Waals surface area contributed by atoms with Gasteiger partial charge in [-0.3, -0.25) is 9.59 Å². The first-order valence-electron chi connectivity index (χ1n) is 7.76. The van der Waals surface area contributed by atoms with Crippen LogP contribution in [0.2, 0.25) is 0 Å². The number of rotatable bonds is 7. The second-order valence-electron chi connectivity index (χ2n) is 4.92. The van der Waals surface area contributed by atoms with Crippen molar-refractivity contribution in [1.29, 1.82) is 0 Å². The fraction of sp³-hybridized carbons (Fsp3) is 0.222. The van der Waals surface area contributed by atoms with Crippen LogP contribution in [0.4, 0.5) is 5.69 Å². The van der Waals surface area contributed by atoms with Crippen LogP contribution in [0.3, 0.4) is 0 Å². The van der Waals surface area contributed by atoms with Crippen LogP contribution in [0.1, 0.15) is 30.6 Å². The Labute approximate surface area is 150 Å². The Kier molecular flexibility index (Phi) is 7.21. The summed E-state index contributed by atoms with van der Waals surface area (Å²) in [4.78, 5) is 25.6. The first kappa shape index (κ1) is 18.4. The van der Waals surface area contributed by atoms with Gasteiger partial charge >= 0.3 is 0 Å². The van der Waals surface area contributed by atoms with Crippen molar-refractivity contribution in [3.63, 3.8) is 0 Å². The molecule has 0 atom stereocenters. The molecule has 0 aromatic heterocycles. The summed E-state index contributed by atoms with van der Waals surface area (Å²) in [6, 6.07) is 15.2. The normalized spacial score (nSPS) is 10.2. The molecule has 2 aromatic rings. The lowest BCUT2D eigenvalue weighted by molar-refractivity contribution is -0.115. The number of hydrogen-bond donors (Lipinski definition) is 2. The summed E-state index contributed by atoms with van der Waals surface area (Å²) in [7, 11) is 3.03. The van der Waals surface area contributed by atoms with Gasteiger partial charge in [0, 0.05) is 22.8 Å². The summed E-state index contributed by atoms with van der Waals surface area (Å²) < 4.78 is 0. The summed E-state index contributed by atoms with van der Waals surface area (Å²) >= 11 is 0. The fourth-order valence-corrected chi connectivity index (χ4v) is 4.27. The van der Waals surface area contributed by atoms with Crippen LogP contribution >= 0.6 is 21.6 Å². The van der Waals surface area contributed by atoms with E-state index in [0.717, 1.165) is 15.5 Å². The van der Waals surface area contributed by atoms with Gasteiger partial charge in [-0.2, -0.15) is 0 Å². The smallest absolute Gasteiger partial charge is 0.252 e. The molecule has 0 aliphatic carbocycles. The quantitative estimate of drug-likeness (QED) is 0.709. The van der Waals surface area contributed by atoms with Gasteiger partial charge in [-0.25, -0.2) is 0 Å². The molecule has 2 aromatic carbocycles. The van der Waals surface area contributed by atoms with E-state index in [0.29, 0.717) is 18.5 Å². The highest BCUT2D eigenvalue weighted by Crippen LogP contribution is 2.42. The number of carbonyl (C=O) groups excluding carboxylic acids is 2. The summed E-state index contributed by atoms with van der Waals surface area (Å²) in [5, 5.41) is 5.73. The lowest BCUT2D eigenvalue weighted by Gasteiger charge is -2.11. The van der Waals surface area contributed by atoms with E-state index in [1.165, 1.54) is 21.6 Å². The molecule has 6 heteroatoms. The Morgan fingerprint density at radius 2 is 1.54 bits per heavy atom. The van der Waals surface area contributed by atoms with Crippen LogP contribution in [-0.4, -0.2) is 18.4 Å². The van der Waals surface area contributed by atoms with Crippen LogP contribution < -0.4 is 10.6 Å². The Balaban J connectivity index is 2.15. The van der Waals surface area contributed by atoms with E-state index in [2.05, 4.69) is 10.6 Å². The first-order chi connectivity index (χ1) is 11.7. The predicted octanol–water partition coefficient (Wildman–Crippen LogP) is 4.58. The summed E-state index contributed by atoms with van der Waals surface area (Å²) in [5.41, 5.74) is 1.45. The molecular formula is C18H20N2O2S2. The maximum absolute atomic E-state index is 12.1. The highest BCUT2D eigenvalue weighted by molar-refractivity contribution is 8.76. The second kappa shape index (κ2) is 9.39. The van der Waals surface area contributed by atoms with Crippen molar-refractivity contribution in [2.45, 2.75) is 30.1 Å². The van der Waals surface area contributed by atoms with E-state index in [-0.39, 0.29) is 11.8 Å². The lowest BCUT2D eigenvalue weighted by atomic mass is 10.2. The lowest BCUT2D eigenvalue weighted by Crippen LogP contribution is -2.23. The molecule has 2 rings (SSSR count). The van der Waals surface area contributed by atoms with Crippen LogP contribution in [0, 0.1) is 0 Å². The molecule has 24 heavy (non-hydrogen) atoms. The second-order valence-corrected chi connectivity index (χ2v) is 7.13. The molecule has 4 nitrogen and oxygen atoms in total. The van der Waals surface area contributed by atoms with Gasteiger partial charge < -0.3 is 10.6 Å². The van der Waals surface area contributed by atoms with E-state index in [1.54, 1.807) is 0 Å². The van der Waals surface area contributed by atoms with E-state index in [9.17, 15) is 9.59 Å². The highest BCUT2D eigenvalue weighted by atomic mass is 33.1. The van der Waals surface area contributed by atoms with E-state index in [4.69, 9.17) is 0 Å². The average molecular weight is 361 g/mol. The third-order valence-electron chi connectivity index (χ3n) is 3.17.